The van der Waals surface area contributed by atoms with E-state index in [0.29, 0.717) is 24.4 Å². The molecule has 1 fully saturated rings. The Bertz CT molecular complexity index is 1030. The summed E-state index contributed by atoms with van der Waals surface area (Å²) in [5.74, 6) is 0.597. The average molecular weight is 397 g/mol. The average Bonchev–Trinajstić information content (AvgIpc) is 3.21. The molecule has 1 saturated heterocycles. The lowest BCUT2D eigenvalue weighted by molar-refractivity contribution is 0.381. The zero-order valence-corrected chi connectivity index (χ0v) is 15.3. The van der Waals surface area contributed by atoms with Gasteiger partial charge in [0, 0.05) is 12.7 Å². The highest BCUT2D eigenvalue weighted by Crippen LogP contribution is 2.39. The van der Waals surface area contributed by atoms with Gasteiger partial charge in [-0.05, 0) is 37.1 Å². The molecule has 0 radical (unpaired) electrons. The second-order valence-electron chi connectivity index (χ2n) is 5.81. The van der Waals surface area contributed by atoms with Crippen molar-refractivity contribution in [3.8, 4) is 0 Å². The van der Waals surface area contributed by atoms with Gasteiger partial charge in [-0.2, -0.15) is 4.31 Å². The van der Waals surface area contributed by atoms with Gasteiger partial charge in [-0.3, -0.25) is 4.40 Å². The van der Waals surface area contributed by atoms with Gasteiger partial charge in [-0.25, -0.2) is 8.42 Å². The maximum absolute atomic E-state index is 13.2. The first kappa shape index (κ1) is 16.8. The number of hydrogen-bond donors (Lipinski definition) is 0. The number of sulfonamides is 1. The van der Waals surface area contributed by atoms with Gasteiger partial charge < -0.3 is 0 Å². The topological polar surface area (TPSA) is 67.6 Å². The quantitative estimate of drug-likeness (QED) is 0.678. The molecule has 3 aromatic rings. The van der Waals surface area contributed by atoms with E-state index in [1.165, 1.54) is 16.4 Å². The molecule has 0 N–H and O–H groups in total. The van der Waals surface area contributed by atoms with E-state index in [4.69, 9.17) is 23.2 Å². The van der Waals surface area contributed by atoms with Gasteiger partial charge in [0.05, 0.1) is 16.1 Å². The minimum absolute atomic E-state index is 0.0564. The van der Waals surface area contributed by atoms with E-state index in [0.717, 1.165) is 6.42 Å². The molecule has 0 bridgehead atoms. The van der Waals surface area contributed by atoms with Crippen LogP contribution in [0, 0.1) is 0 Å². The van der Waals surface area contributed by atoms with E-state index in [-0.39, 0.29) is 14.9 Å². The monoisotopic (exact) mass is 396 g/mol. The van der Waals surface area contributed by atoms with Crippen molar-refractivity contribution in [2.75, 3.05) is 6.54 Å². The van der Waals surface area contributed by atoms with Crippen LogP contribution >= 0.6 is 23.2 Å². The second kappa shape index (κ2) is 6.25. The molecule has 1 aromatic carbocycles. The fraction of sp³-hybridized carbons (Fsp3) is 0.250. The van der Waals surface area contributed by atoms with E-state index < -0.39 is 16.1 Å². The number of fused-ring (bicyclic) bond motifs is 1. The Morgan fingerprint density at radius 3 is 2.56 bits per heavy atom. The number of hydrogen-bond acceptors (Lipinski definition) is 4. The molecule has 1 aliphatic heterocycles. The summed E-state index contributed by atoms with van der Waals surface area (Å²) in [6.45, 7) is 0.385. The van der Waals surface area contributed by atoms with Crippen molar-refractivity contribution >= 4 is 38.9 Å². The molecule has 1 atom stereocenters. The maximum atomic E-state index is 13.2. The van der Waals surface area contributed by atoms with Crippen molar-refractivity contribution in [3.05, 3.63) is 58.5 Å². The number of nitrogens with zero attached hydrogens (tertiary/aromatic N) is 4. The predicted octanol–water partition coefficient (Wildman–Crippen LogP) is 3.56. The van der Waals surface area contributed by atoms with Crippen LogP contribution in [-0.2, 0) is 10.0 Å². The van der Waals surface area contributed by atoms with Gasteiger partial charge in [0.2, 0.25) is 10.0 Å². The molecule has 0 unspecified atom stereocenters. The van der Waals surface area contributed by atoms with Crippen molar-refractivity contribution in [1.82, 2.24) is 18.9 Å². The highest BCUT2D eigenvalue weighted by molar-refractivity contribution is 7.89. The smallest absolute Gasteiger partial charge is 0.246 e. The van der Waals surface area contributed by atoms with E-state index in [9.17, 15) is 8.42 Å². The minimum Gasteiger partial charge on any atom is -0.285 e. The standard InChI is InChI=1S/C16H14Cl2N4O2S/c17-11-5-3-6-12(18)15(11)25(23,24)22-10-4-7-13(22)16-20-19-14-8-1-2-9-21(14)16/h1-3,5-6,8-9,13H,4,7,10H2/t13-/m1/s1. The Morgan fingerprint density at radius 1 is 1.04 bits per heavy atom. The fourth-order valence-corrected chi connectivity index (χ4v) is 5.97. The molecule has 0 aliphatic carbocycles. The van der Waals surface area contributed by atoms with Crippen LogP contribution in [0.25, 0.3) is 5.65 Å². The molecule has 0 saturated carbocycles. The Morgan fingerprint density at radius 2 is 1.80 bits per heavy atom. The van der Waals surface area contributed by atoms with Crippen LogP contribution in [0.1, 0.15) is 24.7 Å². The summed E-state index contributed by atoms with van der Waals surface area (Å²) in [6.07, 6.45) is 3.22. The number of rotatable bonds is 3. The zero-order chi connectivity index (χ0) is 17.6. The maximum Gasteiger partial charge on any atom is 0.246 e. The van der Waals surface area contributed by atoms with Crippen molar-refractivity contribution < 1.29 is 8.42 Å². The minimum atomic E-state index is -3.86. The van der Waals surface area contributed by atoms with Crippen LogP contribution in [0.5, 0.6) is 0 Å². The number of benzene rings is 1. The van der Waals surface area contributed by atoms with Gasteiger partial charge in [-0.15, -0.1) is 10.2 Å². The third-order valence-corrected chi connectivity index (χ3v) is 7.19. The highest BCUT2D eigenvalue weighted by Gasteiger charge is 2.40. The molecular weight excluding hydrogens is 383 g/mol. The lowest BCUT2D eigenvalue weighted by Gasteiger charge is -2.24. The molecule has 0 amide bonds. The molecular formula is C16H14Cl2N4O2S. The van der Waals surface area contributed by atoms with Crippen LogP contribution in [0.3, 0.4) is 0 Å². The summed E-state index contributed by atoms with van der Waals surface area (Å²) in [4.78, 5) is -0.0564. The highest BCUT2D eigenvalue weighted by atomic mass is 35.5. The van der Waals surface area contributed by atoms with Crippen molar-refractivity contribution in [2.24, 2.45) is 0 Å². The fourth-order valence-electron chi connectivity index (χ4n) is 3.22. The number of pyridine rings is 1. The molecule has 25 heavy (non-hydrogen) atoms. The van der Waals surface area contributed by atoms with Gasteiger partial charge in [-0.1, -0.05) is 35.3 Å². The Balaban J connectivity index is 1.82. The van der Waals surface area contributed by atoms with Crippen LogP contribution in [0.4, 0.5) is 0 Å². The molecule has 9 heteroatoms. The summed E-state index contributed by atoms with van der Waals surface area (Å²) in [5.41, 5.74) is 0.678. The molecule has 3 heterocycles. The summed E-state index contributed by atoms with van der Waals surface area (Å²) < 4.78 is 29.7. The largest absolute Gasteiger partial charge is 0.285 e. The van der Waals surface area contributed by atoms with Gasteiger partial charge in [0.1, 0.15) is 4.90 Å². The molecule has 4 rings (SSSR count). The molecule has 0 spiro atoms. The van der Waals surface area contributed by atoms with Crippen LogP contribution in [0.2, 0.25) is 10.0 Å². The number of halogens is 2. The number of aromatic nitrogens is 3. The Kier molecular flexibility index (Phi) is 4.19. The van der Waals surface area contributed by atoms with Gasteiger partial charge in [0.25, 0.3) is 0 Å². The first-order chi connectivity index (χ1) is 12.0. The Hall–Kier alpha value is -1.67. The predicted molar refractivity (Wildman–Crippen MR) is 95.3 cm³/mol. The summed E-state index contributed by atoms with van der Waals surface area (Å²) in [5, 5.41) is 8.58. The van der Waals surface area contributed by atoms with Crippen LogP contribution < -0.4 is 0 Å². The van der Waals surface area contributed by atoms with E-state index in [2.05, 4.69) is 10.2 Å². The normalized spacial score (nSPS) is 18.9. The SMILES string of the molecule is O=S(=O)(c1c(Cl)cccc1Cl)N1CCC[C@@H]1c1nnc2ccccn12. The van der Waals surface area contributed by atoms with Crippen molar-refractivity contribution in [2.45, 2.75) is 23.8 Å². The first-order valence-electron chi connectivity index (χ1n) is 7.75. The van der Waals surface area contributed by atoms with E-state index in [1.807, 2.05) is 28.8 Å². The first-order valence-corrected chi connectivity index (χ1v) is 9.95. The summed E-state index contributed by atoms with van der Waals surface area (Å²) in [7, 11) is -3.86. The lowest BCUT2D eigenvalue weighted by atomic mass is 10.2. The van der Waals surface area contributed by atoms with Crippen LogP contribution in [0.15, 0.2) is 47.5 Å². The van der Waals surface area contributed by atoms with Crippen molar-refractivity contribution in [3.63, 3.8) is 0 Å². The molecule has 130 valence electrons. The summed E-state index contributed by atoms with van der Waals surface area (Å²) in [6, 6.07) is 9.82. The van der Waals surface area contributed by atoms with Crippen molar-refractivity contribution in [1.29, 1.82) is 0 Å². The molecule has 6 nitrogen and oxygen atoms in total. The zero-order valence-electron chi connectivity index (χ0n) is 13.0. The van der Waals surface area contributed by atoms with Gasteiger partial charge in [0.15, 0.2) is 11.5 Å². The van der Waals surface area contributed by atoms with Gasteiger partial charge >= 0.3 is 0 Å². The third kappa shape index (κ3) is 2.71. The van der Waals surface area contributed by atoms with Crippen LogP contribution in [-0.4, -0.2) is 33.9 Å². The summed E-state index contributed by atoms with van der Waals surface area (Å²) >= 11 is 12.3. The molecule has 2 aromatic heterocycles. The van der Waals surface area contributed by atoms with E-state index >= 15 is 0 Å². The van der Waals surface area contributed by atoms with E-state index in [1.54, 1.807) is 6.07 Å². The lowest BCUT2D eigenvalue weighted by Crippen LogP contribution is -2.32. The second-order valence-corrected chi connectivity index (χ2v) is 8.45. The molecule has 1 aliphatic rings. The third-order valence-electron chi connectivity index (χ3n) is 4.33. The Labute approximate surface area is 155 Å².